The topological polar surface area (TPSA) is 48.1 Å². The maximum atomic E-state index is 5.17. The molecule has 0 aliphatic carbocycles. The first-order chi connectivity index (χ1) is 7.85. The van der Waals surface area contributed by atoms with Crippen LogP contribution < -0.4 is 10.7 Å². The number of benzene rings is 1. The van der Waals surface area contributed by atoms with E-state index in [2.05, 4.69) is 4.98 Å². The van der Waals surface area contributed by atoms with Crippen LogP contribution in [0.4, 0.5) is 0 Å². The molecule has 0 atom stereocenters. The van der Waals surface area contributed by atoms with Crippen LogP contribution in [0.2, 0.25) is 0 Å². The molecule has 2 rings (SSSR count). The molecule has 0 saturated heterocycles. The monoisotopic (exact) mass is 236 g/mol. The highest BCUT2D eigenvalue weighted by molar-refractivity contribution is 7.98. The van der Waals surface area contributed by atoms with Gasteiger partial charge in [-0.2, -0.15) is 5.90 Å². The van der Waals surface area contributed by atoms with Crippen LogP contribution in [0.15, 0.2) is 35.4 Å². The van der Waals surface area contributed by atoms with Crippen LogP contribution in [0, 0.1) is 0 Å². The number of rotatable bonds is 2. The largest absolute Gasteiger partial charge is 0.411 e. The van der Waals surface area contributed by atoms with Gasteiger partial charge in [-0.15, -0.1) is 11.8 Å². The fourth-order valence-corrected chi connectivity index (χ4v) is 1.77. The van der Waals surface area contributed by atoms with Gasteiger partial charge in [-0.1, -0.05) is 13.8 Å². The smallest absolute Gasteiger partial charge is 0.157 e. The zero-order valence-electron chi connectivity index (χ0n) is 9.73. The fourth-order valence-electron chi connectivity index (χ4n) is 1.33. The van der Waals surface area contributed by atoms with E-state index in [0.29, 0.717) is 5.75 Å². The van der Waals surface area contributed by atoms with Crippen molar-refractivity contribution in [3.8, 4) is 5.75 Å². The number of fused-ring (bicyclic) bond motifs is 1. The molecule has 0 saturated carbocycles. The van der Waals surface area contributed by atoms with Crippen LogP contribution in [0.5, 0.6) is 5.75 Å². The summed E-state index contributed by atoms with van der Waals surface area (Å²) >= 11 is 1.68. The van der Waals surface area contributed by atoms with Crippen LogP contribution in [-0.2, 0) is 0 Å². The number of hydrogen-bond donors (Lipinski definition) is 1. The number of thioether (sulfide) groups is 1. The van der Waals surface area contributed by atoms with Gasteiger partial charge in [-0.3, -0.25) is 4.98 Å². The van der Waals surface area contributed by atoms with Crippen LogP contribution >= 0.6 is 11.8 Å². The van der Waals surface area contributed by atoms with E-state index in [9.17, 15) is 0 Å². The van der Waals surface area contributed by atoms with Crippen LogP contribution in [-0.4, -0.2) is 11.2 Å². The standard InChI is InChI=1S/C10H10N2OS.C2H6/c1-14-7-2-3-9-8(6-7)10(13-11)4-5-12-9;1-2/h2-6H,11H2,1H3;1-2H3. The predicted molar refractivity (Wildman–Crippen MR) is 69.7 cm³/mol. The van der Waals surface area contributed by atoms with E-state index in [1.165, 1.54) is 4.90 Å². The number of aromatic nitrogens is 1. The van der Waals surface area contributed by atoms with Crippen molar-refractivity contribution in [2.45, 2.75) is 18.7 Å². The second-order valence-electron chi connectivity index (χ2n) is 2.81. The van der Waals surface area contributed by atoms with Crippen molar-refractivity contribution in [2.75, 3.05) is 6.26 Å². The first kappa shape index (κ1) is 12.8. The molecule has 0 spiro atoms. The summed E-state index contributed by atoms with van der Waals surface area (Å²) in [6, 6.07) is 7.77. The van der Waals surface area contributed by atoms with E-state index < -0.39 is 0 Å². The number of hydrogen-bond acceptors (Lipinski definition) is 4. The van der Waals surface area contributed by atoms with E-state index in [0.717, 1.165) is 10.9 Å². The van der Waals surface area contributed by atoms with Crippen molar-refractivity contribution in [1.82, 2.24) is 4.98 Å². The molecule has 0 aliphatic heterocycles. The highest BCUT2D eigenvalue weighted by Gasteiger charge is 2.02. The Balaban J connectivity index is 0.000000606. The summed E-state index contributed by atoms with van der Waals surface area (Å²) in [5, 5.41) is 0.946. The number of nitrogens with zero attached hydrogens (tertiary/aromatic N) is 1. The Labute approximate surface area is 100.0 Å². The first-order valence-corrected chi connectivity index (χ1v) is 6.37. The Hall–Kier alpha value is -1.26. The third kappa shape index (κ3) is 2.65. The quantitative estimate of drug-likeness (QED) is 0.642. The molecule has 2 aromatic rings. The fraction of sp³-hybridized carbons (Fsp3) is 0.250. The summed E-state index contributed by atoms with van der Waals surface area (Å²) in [6.07, 6.45) is 3.71. The van der Waals surface area contributed by atoms with Gasteiger partial charge in [0.05, 0.1) is 5.52 Å². The molecular weight excluding hydrogens is 220 g/mol. The summed E-state index contributed by atoms with van der Waals surface area (Å²) in [5.41, 5.74) is 0.894. The summed E-state index contributed by atoms with van der Waals surface area (Å²) in [7, 11) is 0. The molecule has 3 nitrogen and oxygen atoms in total. The minimum Gasteiger partial charge on any atom is -0.411 e. The van der Waals surface area contributed by atoms with Gasteiger partial charge in [0.15, 0.2) is 5.75 Å². The summed E-state index contributed by atoms with van der Waals surface area (Å²) in [6.45, 7) is 4.00. The molecule has 1 aromatic carbocycles. The molecule has 0 fully saturated rings. The van der Waals surface area contributed by atoms with Crippen molar-refractivity contribution in [3.05, 3.63) is 30.5 Å². The molecule has 16 heavy (non-hydrogen) atoms. The Bertz CT molecular complexity index is 460. The van der Waals surface area contributed by atoms with Gasteiger partial charge in [0, 0.05) is 22.5 Å². The SMILES string of the molecule is CC.CSc1ccc2nccc(ON)c2c1. The molecule has 0 bridgehead atoms. The minimum absolute atomic E-state index is 0.658. The van der Waals surface area contributed by atoms with Gasteiger partial charge in [0.25, 0.3) is 0 Å². The van der Waals surface area contributed by atoms with E-state index in [1.807, 2.05) is 38.3 Å². The Morgan fingerprint density at radius 1 is 1.25 bits per heavy atom. The third-order valence-corrected chi connectivity index (χ3v) is 2.76. The second kappa shape index (κ2) is 6.35. The lowest BCUT2D eigenvalue weighted by molar-refractivity contribution is 0.338. The van der Waals surface area contributed by atoms with Crippen molar-refractivity contribution < 1.29 is 4.84 Å². The van der Waals surface area contributed by atoms with Gasteiger partial charge in [0.2, 0.25) is 0 Å². The molecular formula is C12H16N2OS. The molecule has 1 heterocycles. The molecule has 4 heteroatoms. The van der Waals surface area contributed by atoms with Crippen LogP contribution in [0.25, 0.3) is 10.9 Å². The zero-order valence-corrected chi connectivity index (χ0v) is 10.5. The van der Waals surface area contributed by atoms with Crippen LogP contribution in [0.1, 0.15) is 13.8 Å². The predicted octanol–water partition coefficient (Wildman–Crippen LogP) is 3.24. The molecule has 0 radical (unpaired) electrons. The van der Waals surface area contributed by atoms with Crippen molar-refractivity contribution >= 4 is 22.7 Å². The van der Waals surface area contributed by atoms with E-state index in [4.69, 9.17) is 10.7 Å². The molecule has 0 aliphatic rings. The molecule has 0 unspecified atom stereocenters. The second-order valence-corrected chi connectivity index (χ2v) is 3.69. The van der Waals surface area contributed by atoms with Crippen LogP contribution in [0.3, 0.4) is 0 Å². The van der Waals surface area contributed by atoms with Crippen molar-refractivity contribution in [1.29, 1.82) is 0 Å². The van der Waals surface area contributed by atoms with E-state index in [-0.39, 0.29) is 0 Å². The van der Waals surface area contributed by atoms with Gasteiger partial charge in [0.1, 0.15) is 0 Å². The number of nitrogens with two attached hydrogens (primary N) is 1. The normalized spacial score (nSPS) is 9.50. The lowest BCUT2D eigenvalue weighted by Gasteiger charge is -2.04. The first-order valence-electron chi connectivity index (χ1n) is 5.14. The molecule has 2 N–H and O–H groups in total. The summed E-state index contributed by atoms with van der Waals surface area (Å²) in [4.78, 5) is 10.2. The maximum absolute atomic E-state index is 5.17. The average molecular weight is 236 g/mol. The van der Waals surface area contributed by atoms with Crippen molar-refractivity contribution in [2.24, 2.45) is 5.90 Å². The van der Waals surface area contributed by atoms with Gasteiger partial charge in [-0.25, -0.2) is 0 Å². The highest BCUT2D eigenvalue weighted by Crippen LogP contribution is 2.27. The molecule has 0 amide bonds. The van der Waals surface area contributed by atoms with Gasteiger partial charge >= 0.3 is 0 Å². The summed E-state index contributed by atoms with van der Waals surface area (Å²) in [5.74, 6) is 5.83. The Morgan fingerprint density at radius 3 is 2.62 bits per heavy atom. The van der Waals surface area contributed by atoms with E-state index >= 15 is 0 Å². The zero-order chi connectivity index (χ0) is 12.0. The summed E-state index contributed by atoms with van der Waals surface area (Å²) < 4.78 is 0. The Morgan fingerprint density at radius 2 is 2.00 bits per heavy atom. The lowest BCUT2D eigenvalue weighted by atomic mass is 10.2. The van der Waals surface area contributed by atoms with Crippen molar-refractivity contribution in [3.63, 3.8) is 0 Å². The van der Waals surface area contributed by atoms with E-state index in [1.54, 1.807) is 24.0 Å². The Kier molecular flexibility index (Phi) is 5.08. The van der Waals surface area contributed by atoms with Gasteiger partial charge in [-0.05, 0) is 24.5 Å². The van der Waals surface area contributed by atoms with Gasteiger partial charge < -0.3 is 4.84 Å². The number of pyridine rings is 1. The maximum Gasteiger partial charge on any atom is 0.157 e. The third-order valence-electron chi connectivity index (χ3n) is 2.04. The average Bonchev–Trinajstić information content (AvgIpc) is 2.39. The highest BCUT2D eigenvalue weighted by atomic mass is 32.2. The molecule has 1 aromatic heterocycles. The lowest BCUT2D eigenvalue weighted by Crippen LogP contribution is -2.02. The molecule has 86 valence electrons. The minimum atomic E-state index is 0.658.